The molecule has 0 fully saturated rings. The molecule has 1 aromatic heterocycles. The fourth-order valence-electron chi connectivity index (χ4n) is 3.24. The minimum atomic E-state index is -0.0584. The van der Waals surface area contributed by atoms with Crippen LogP contribution in [0.3, 0.4) is 0 Å². The normalized spacial score (nSPS) is 10.6. The molecular formula is C23H24N2O2. The number of rotatable bonds is 7. The summed E-state index contributed by atoms with van der Waals surface area (Å²) in [5, 5.41) is 2.98. The topological polar surface area (TPSA) is 51.1 Å². The van der Waals surface area contributed by atoms with Gasteiger partial charge in [0.25, 0.3) is 0 Å². The monoisotopic (exact) mass is 360 g/mol. The number of hydrogen-bond donors (Lipinski definition) is 1. The summed E-state index contributed by atoms with van der Waals surface area (Å²) in [6, 6.07) is 21.8. The summed E-state index contributed by atoms with van der Waals surface area (Å²) in [6.07, 6.45) is 0.793. The average Bonchev–Trinajstić information content (AvgIpc) is 3.00. The van der Waals surface area contributed by atoms with E-state index in [9.17, 15) is 9.59 Å². The minimum absolute atomic E-state index is 0.00733. The number of aromatic nitrogens is 1. The van der Waals surface area contributed by atoms with E-state index in [1.54, 1.807) is 6.92 Å². The third-order valence-electron chi connectivity index (χ3n) is 4.70. The summed E-state index contributed by atoms with van der Waals surface area (Å²) in [6.45, 7) is 4.23. The lowest BCUT2D eigenvalue weighted by atomic mass is 10.1. The third kappa shape index (κ3) is 4.53. The van der Waals surface area contributed by atoms with Gasteiger partial charge in [-0.25, -0.2) is 0 Å². The molecule has 138 valence electrons. The predicted octanol–water partition coefficient (Wildman–Crippen LogP) is 4.03. The first-order chi connectivity index (χ1) is 13.1. The van der Waals surface area contributed by atoms with Crippen molar-refractivity contribution in [2.75, 3.05) is 6.54 Å². The van der Waals surface area contributed by atoms with Crippen LogP contribution in [0.4, 0.5) is 0 Å². The van der Waals surface area contributed by atoms with Gasteiger partial charge in [0.2, 0.25) is 5.91 Å². The quantitative estimate of drug-likeness (QED) is 0.647. The molecule has 2 aromatic carbocycles. The maximum Gasteiger partial charge on any atom is 0.239 e. The lowest BCUT2D eigenvalue weighted by molar-refractivity contribution is -0.121. The second-order valence-corrected chi connectivity index (χ2v) is 6.62. The molecule has 27 heavy (non-hydrogen) atoms. The molecular weight excluding hydrogens is 336 g/mol. The van der Waals surface area contributed by atoms with Crippen molar-refractivity contribution in [1.29, 1.82) is 0 Å². The van der Waals surface area contributed by atoms with Crippen LogP contribution in [0.2, 0.25) is 0 Å². The summed E-state index contributed by atoms with van der Waals surface area (Å²) in [7, 11) is 0. The van der Waals surface area contributed by atoms with Crippen LogP contribution < -0.4 is 5.32 Å². The molecule has 1 amide bonds. The molecule has 0 saturated heterocycles. The second kappa shape index (κ2) is 8.49. The molecule has 3 aromatic rings. The molecule has 0 atom stereocenters. The van der Waals surface area contributed by atoms with E-state index < -0.39 is 0 Å². The first-order valence-electron chi connectivity index (χ1n) is 9.13. The van der Waals surface area contributed by atoms with Gasteiger partial charge in [0.05, 0.1) is 0 Å². The Hall–Kier alpha value is -3.14. The average molecular weight is 360 g/mol. The van der Waals surface area contributed by atoms with Crippen molar-refractivity contribution in [2.45, 2.75) is 26.8 Å². The lowest BCUT2D eigenvalue weighted by Gasteiger charge is -2.12. The van der Waals surface area contributed by atoms with E-state index in [4.69, 9.17) is 0 Å². The number of Topliss-reactive ketones (excluding diaryl/α,β-unsaturated/α-hetero) is 1. The summed E-state index contributed by atoms with van der Waals surface area (Å²) in [5.41, 5.74) is 4.55. The fourth-order valence-corrected chi connectivity index (χ4v) is 3.24. The summed E-state index contributed by atoms with van der Waals surface area (Å²) >= 11 is 0. The van der Waals surface area contributed by atoms with Gasteiger partial charge in [-0.15, -0.1) is 0 Å². The van der Waals surface area contributed by atoms with Crippen molar-refractivity contribution in [3.63, 3.8) is 0 Å². The molecule has 0 unspecified atom stereocenters. The van der Waals surface area contributed by atoms with E-state index in [1.807, 2.05) is 66.1 Å². The van der Waals surface area contributed by atoms with E-state index in [0.29, 0.717) is 12.1 Å². The maximum absolute atomic E-state index is 12.5. The second-order valence-electron chi connectivity index (χ2n) is 6.62. The van der Waals surface area contributed by atoms with Crippen LogP contribution in [0, 0.1) is 6.92 Å². The Morgan fingerprint density at radius 2 is 1.59 bits per heavy atom. The van der Waals surface area contributed by atoms with E-state index in [-0.39, 0.29) is 18.2 Å². The Balaban J connectivity index is 1.75. The highest BCUT2D eigenvalue weighted by atomic mass is 16.2. The van der Waals surface area contributed by atoms with Crippen LogP contribution in [0.1, 0.15) is 28.5 Å². The largest absolute Gasteiger partial charge is 0.354 e. The molecule has 0 aliphatic rings. The molecule has 0 aliphatic carbocycles. The van der Waals surface area contributed by atoms with Gasteiger partial charge >= 0.3 is 0 Å². The zero-order valence-corrected chi connectivity index (χ0v) is 15.7. The van der Waals surface area contributed by atoms with Crippen molar-refractivity contribution in [3.8, 4) is 11.3 Å². The van der Waals surface area contributed by atoms with Crippen molar-refractivity contribution < 1.29 is 9.59 Å². The van der Waals surface area contributed by atoms with Crippen LogP contribution in [-0.2, 0) is 17.8 Å². The number of benzene rings is 2. The van der Waals surface area contributed by atoms with Crippen LogP contribution in [0.15, 0.2) is 66.7 Å². The Morgan fingerprint density at radius 1 is 0.963 bits per heavy atom. The summed E-state index contributed by atoms with van der Waals surface area (Å²) < 4.78 is 1.92. The van der Waals surface area contributed by atoms with Gasteiger partial charge in [-0.05, 0) is 37.5 Å². The number of amides is 1. The smallest absolute Gasteiger partial charge is 0.239 e. The molecule has 0 spiro atoms. The van der Waals surface area contributed by atoms with Gasteiger partial charge in [0.15, 0.2) is 5.78 Å². The highest BCUT2D eigenvalue weighted by molar-refractivity contribution is 5.97. The minimum Gasteiger partial charge on any atom is -0.354 e. The Bertz CT molecular complexity index is 928. The number of nitrogens with one attached hydrogen (secondary N) is 1. The van der Waals surface area contributed by atoms with Crippen LogP contribution >= 0.6 is 0 Å². The maximum atomic E-state index is 12.5. The standard InChI is InChI=1S/C23H24N2O2/c1-17-21(18(2)26)15-22(20-11-7-4-8-12-20)25(17)16-23(27)24-14-13-19-9-5-3-6-10-19/h3-12,15H,13-14,16H2,1-2H3,(H,24,27). The molecule has 0 radical (unpaired) electrons. The first kappa shape index (κ1) is 18.6. The molecule has 1 N–H and O–H groups in total. The molecule has 0 bridgehead atoms. The molecule has 4 heteroatoms. The SMILES string of the molecule is CC(=O)c1cc(-c2ccccc2)n(CC(=O)NCCc2ccccc2)c1C. The van der Waals surface area contributed by atoms with Gasteiger partial charge in [-0.1, -0.05) is 60.7 Å². The predicted molar refractivity (Wildman–Crippen MR) is 108 cm³/mol. The van der Waals surface area contributed by atoms with E-state index >= 15 is 0 Å². The number of hydrogen-bond acceptors (Lipinski definition) is 2. The number of carbonyl (C=O) groups is 2. The molecule has 4 nitrogen and oxygen atoms in total. The summed E-state index contributed by atoms with van der Waals surface area (Å²) in [5.74, 6) is -0.0511. The van der Waals surface area contributed by atoms with E-state index in [2.05, 4.69) is 17.4 Å². The van der Waals surface area contributed by atoms with Gasteiger partial charge in [0, 0.05) is 23.5 Å². The van der Waals surface area contributed by atoms with Gasteiger partial charge in [-0.2, -0.15) is 0 Å². The highest BCUT2D eigenvalue weighted by Gasteiger charge is 2.17. The van der Waals surface area contributed by atoms with Crippen LogP contribution in [0.5, 0.6) is 0 Å². The Labute approximate surface area is 159 Å². The van der Waals surface area contributed by atoms with Crippen molar-refractivity contribution in [3.05, 3.63) is 83.6 Å². The van der Waals surface area contributed by atoms with Gasteiger partial charge < -0.3 is 9.88 Å². The molecule has 0 aliphatic heterocycles. The highest BCUT2D eigenvalue weighted by Crippen LogP contribution is 2.26. The zero-order chi connectivity index (χ0) is 19.2. The number of nitrogens with zero attached hydrogens (tertiary/aromatic N) is 1. The van der Waals surface area contributed by atoms with Crippen LogP contribution in [-0.4, -0.2) is 22.8 Å². The van der Waals surface area contributed by atoms with Gasteiger partial charge in [-0.3, -0.25) is 9.59 Å². The summed E-state index contributed by atoms with van der Waals surface area (Å²) in [4.78, 5) is 24.5. The Kier molecular flexibility index (Phi) is 5.87. The Morgan fingerprint density at radius 3 is 2.22 bits per heavy atom. The molecule has 1 heterocycles. The van der Waals surface area contributed by atoms with E-state index in [1.165, 1.54) is 5.56 Å². The molecule has 0 saturated carbocycles. The number of carbonyl (C=O) groups excluding carboxylic acids is 2. The van der Waals surface area contributed by atoms with Gasteiger partial charge in [0.1, 0.15) is 6.54 Å². The molecule has 3 rings (SSSR count). The van der Waals surface area contributed by atoms with Crippen molar-refractivity contribution in [1.82, 2.24) is 9.88 Å². The van der Waals surface area contributed by atoms with Crippen molar-refractivity contribution >= 4 is 11.7 Å². The van der Waals surface area contributed by atoms with E-state index in [0.717, 1.165) is 23.4 Å². The van der Waals surface area contributed by atoms with Crippen LogP contribution in [0.25, 0.3) is 11.3 Å². The third-order valence-corrected chi connectivity index (χ3v) is 4.70. The lowest BCUT2D eigenvalue weighted by Crippen LogP contribution is -2.30. The van der Waals surface area contributed by atoms with Crippen molar-refractivity contribution in [2.24, 2.45) is 0 Å². The zero-order valence-electron chi connectivity index (χ0n) is 15.7. The fraction of sp³-hybridized carbons (Fsp3) is 0.217. The first-order valence-corrected chi connectivity index (χ1v) is 9.13. The number of ketones is 1.